The van der Waals surface area contributed by atoms with Crippen LogP contribution in [-0.2, 0) is 28.7 Å². The van der Waals surface area contributed by atoms with Gasteiger partial charge < -0.3 is 29.9 Å². The molecule has 5 atom stereocenters. The molecule has 0 aromatic rings. The van der Waals surface area contributed by atoms with Crippen LogP contribution in [0.5, 0.6) is 0 Å². The number of aliphatic hydroxyl groups excluding tert-OH is 1. The molecule has 5 unspecified atom stereocenters. The van der Waals surface area contributed by atoms with Gasteiger partial charge in [0.25, 0.3) is 0 Å². The number of cyclic esters (lactones) is 1. The fourth-order valence-electron chi connectivity index (χ4n) is 4.95. The third kappa shape index (κ3) is 5.29. The van der Waals surface area contributed by atoms with Gasteiger partial charge in [-0.25, -0.2) is 4.79 Å². The first kappa shape index (κ1) is 24.9. The second kappa shape index (κ2) is 10.5. The molecule has 4 amide bonds. The summed E-state index contributed by atoms with van der Waals surface area (Å²) >= 11 is 0. The predicted octanol–water partition coefficient (Wildman–Crippen LogP) is -1.12. The quantitative estimate of drug-likeness (QED) is 0.492. The highest BCUT2D eigenvalue weighted by Gasteiger charge is 2.42. The van der Waals surface area contributed by atoms with Crippen LogP contribution in [0.25, 0.3) is 0 Å². The van der Waals surface area contributed by atoms with E-state index in [2.05, 4.69) is 5.32 Å². The molecule has 3 aliphatic rings. The number of hydrogen-bond donors (Lipinski definition) is 2. The molecule has 3 rings (SSSR count). The highest BCUT2D eigenvalue weighted by Crippen LogP contribution is 2.26. The van der Waals surface area contributed by atoms with Crippen molar-refractivity contribution in [2.45, 2.75) is 70.1 Å². The normalized spacial score (nSPS) is 32.5. The van der Waals surface area contributed by atoms with Crippen LogP contribution in [0.15, 0.2) is 0 Å². The second-order valence-electron chi connectivity index (χ2n) is 9.22. The van der Waals surface area contributed by atoms with Gasteiger partial charge in [-0.05, 0) is 38.5 Å². The van der Waals surface area contributed by atoms with E-state index in [1.165, 1.54) is 28.7 Å². The van der Waals surface area contributed by atoms with Gasteiger partial charge in [-0.15, -0.1) is 0 Å². The number of nitrogens with one attached hydrogen (secondary N) is 1. The van der Waals surface area contributed by atoms with E-state index in [-0.39, 0.29) is 37.9 Å². The number of esters is 1. The zero-order valence-corrected chi connectivity index (χ0v) is 19.5. The van der Waals surface area contributed by atoms with E-state index in [1.807, 2.05) is 6.92 Å². The molecule has 0 aromatic heterocycles. The highest BCUT2D eigenvalue weighted by atomic mass is 16.5. The first-order valence-corrected chi connectivity index (χ1v) is 11.6. The molecule has 0 aliphatic carbocycles. The molecule has 11 heteroatoms. The summed E-state index contributed by atoms with van der Waals surface area (Å²) < 4.78 is 5.33. The summed E-state index contributed by atoms with van der Waals surface area (Å²) in [4.78, 5) is 68.9. The van der Waals surface area contributed by atoms with Gasteiger partial charge in [-0.1, -0.05) is 6.92 Å². The Labute approximate surface area is 193 Å². The van der Waals surface area contributed by atoms with Crippen molar-refractivity contribution >= 4 is 29.6 Å². The number of carbonyl (C=O) groups is 5. The molecule has 11 nitrogen and oxygen atoms in total. The summed E-state index contributed by atoms with van der Waals surface area (Å²) in [7, 11) is 1.47. The van der Waals surface area contributed by atoms with Gasteiger partial charge in [0.2, 0.25) is 23.6 Å². The molecule has 3 aliphatic heterocycles. The molecule has 0 spiro atoms. The molecule has 184 valence electrons. The zero-order valence-electron chi connectivity index (χ0n) is 19.5. The van der Waals surface area contributed by atoms with Crippen LogP contribution in [0.3, 0.4) is 0 Å². The number of carbonyl (C=O) groups excluding carboxylic acids is 5. The molecule has 0 radical (unpaired) electrons. The molecule has 0 bridgehead atoms. The van der Waals surface area contributed by atoms with Gasteiger partial charge in [0, 0.05) is 26.7 Å². The Hall–Kier alpha value is -2.69. The minimum atomic E-state index is -0.999. The summed E-state index contributed by atoms with van der Waals surface area (Å²) in [5.41, 5.74) is 0. The van der Waals surface area contributed by atoms with Crippen molar-refractivity contribution in [3.63, 3.8) is 0 Å². The van der Waals surface area contributed by atoms with Crippen LogP contribution in [-0.4, -0.2) is 107 Å². The van der Waals surface area contributed by atoms with E-state index >= 15 is 0 Å². The third-order valence-electron chi connectivity index (χ3n) is 6.73. The molecular formula is C22H34N4O7. The van der Waals surface area contributed by atoms with Gasteiger partial charge >= 0.3 is 5.97 Å². The van der Waals surface area contributed by atoms with Crippen molar-refractivity contribution in [3.05, 3.63) is 0 Å². The monoisotopic (exact) mass is 466 g/mol. The van der Waals surface area contributed by atoms with Crippen molar-refractivity contribution in [1.29, 1.82) is 0 Å². The molecule has 2 N–H and O–H groups in total. The van der Waals surface area contributed by atoms with Crippen LogP contribution in [0.4, 0.5) is 0 Å². The molecule has 0 aromatic carbocycles. The first-order valence-electron chi connectivity index (χ1n) is 11.6. The Bertz CT molecular complexity index is 804. The minimum Gasteiger partial charge on any atom is -0.464 e. The van der Waals surface area contributed by atoms with E-state index in [1.54, 1.807) is 0 Å². The smallest absolute Gasteiger partial charge is 0.328 e. The van der Waals surface area contributed by atoms with E-state index in [9.17, 15) is 29.1 Å². The fourth-order valence-corrected chi connectivity index (χ4v) is 4.95. The number of fused-ring (bicyclic) bond motifs is 2. The second-order valence-corrected chi connectivity index (χ2v) is 9.22. The number of nitrogens with zero attached hydrogens (tertiary/aromatic N) is 3. The Kier molecular flexibility index (Phi) is 7.93. The lowest BCUT2D eigenvalue weighted by molar-refractivity contribution is -0.156. The molecule has 3 fully saturated rings. The number of amides is 4. The molecule has 3 heterocycles. The van der Waals surface area contributed by atoms with E-state index < -0.39 is 47.9 Å². The predicted molar refractivity (Wildman–Crippen MR) is 115 cm³/mol. The Morgan fingerprint density at radius 1 is 1.06 bits per heavy atom. The van der Waals surface area contributed by atoms with Crippen molar-refractivity contribution in [2.24, 2.45) is 5.92 Å². The Morgan fingerprint density at radius 2 is 1.79 bits per heavy atom. The standard InChI is InChI=1S/C22H34N4O7/c1-13-11-17-22(32)33-10-7-18(28)25-8-4-5-16(25)21(31)24(3)15(6-9-27)19(29)23-14(2)20(30)26(17)12-13/h13-17,27H,4-12H2,1-3H3,(H,23,29). The topological polar surface area (TPSA) is 137 Å². The van der Waals surface area contributed by atoms with Crippen molar-refractivity contribution < 1.29 is 33.8 Å². The molecular weight excluding hydrogens is 432 g/mol. The summed E-state index contributed by atoms with van der Waals surface area (Å²) in [5, 5.41) is 12.1. The summed E-state index contributed by atoms with van der Waals surface area (Å²) in [5.74, 6) is -2.19. The van der Waals surface area contributed by atoms with Crippen LogP contribution < -0.4 is 5.32 Å². The van der Waals surface area contributed by atoms with Gasteiger partial charge in [0.1, 0.15) is 30.8 Å². The van der Waals surface area contributed by atoms with Crippen molar-refractivity contribution in [1.82, 2.24) is 20.0 Å². The number of ether oxygens (including phenoxy) is 1. The van der Waals surface area contributed by atoms with E-state index in [4.69, 9.17) is 4.74 Å². The van der Waals surface area contributed by atoms with Gasteiger partial charge in [0.15, 0.2) is 0 Å². The largest absolute Gasteiger partial charge is 0.464 e. The molecule has 0 saturated carbocycles. The van der Waals surface area contributed by atoms with Crippen LogP contribution in [0.1, 0.15) is 46.0 Å². The van der Waals surface area contributed by atoms with Gasteiger partial charge in [-0.3, -0.25) is 19.2 Å². The Morgan fingerprint density at radius 3 is 2.48 bits per heavy atom. The van der Waals surface area contributed by atoms with Gasteiger partial charge in [0.05, 0.1) is 6.42 Å². The van der Waals surface area contributed by atoms with E-state index in [0.717, 1.165) is 0 Å². The maximum atomic E-state index is 13.2. The molecule has 33 heavy (non-hydrogen) atoms. The van der Waals surface area contributed by atoms with Crippen LogP contribution in [0.2, 0.25) is 0 Å². The lowest BCUT2D eigenvalue weighted by atomic mass is 10.1. The van der Waals surface area contributed by atoms with E-state index in [0.29, 0.717) is 32.4 Å². The van der Waals surface area contributed by atoms with Crippen molar-refractivity contribution in [3.8, 4) is 0 Å². The molecule has 3 saturated heterocycles. The SMILES string of the molecule is CC1CC2C(=O)OCCC(=O)N3CCCC3C(=O)N(C)C(CCO)C(=O)NC(C)C(=O)N2C1. The number of likely N-dealkylation sites (N-methyl/N-ethyl adjacent to an activating group) is 1. The first-order chi connectivity index (χ1) is 15.6. The summed E-state index contributed by atoms with van der Waals surface area (Å²) in [6.07, 6.45) is 1.48. The van der Waals surface area contributed by atoms with Crippen LogP contribution in [0, 0.1) is 5.92 Å². The number of aliphatic hydroxyl groups is 1. The summed E-state index contributed by atoms with van der Waals surface area (Å²) in [6, 6.07) is -3.42. The van der Waals surface area contributed by atoms with Gasteiger partial charge in [-0.2, -0.15) is 0 Å². The zero-order chi connectivity index (χ0) is 24.3. The lowest BCUT2D eigenvalue weighted by Gasteiger charge is -2.34. The lowest BCUT2D eigenvalue weighted by Crippen LogP contribution is -2.57. The Balaban J connectivity index is 1.90. The van der Waals surface area contributed by atoms with Crippen LogP contribution >= 0.6 is 0 Å². The maximum Gasteiger partial charge on any atom is 0.328 e. The highest BCUT2D eigenvalue weighted by molar-refractivity contribution is 5.95. The average Bonchev–Trinajstić information content (AvgIpc) is 3.42. The number of hydrogen-bond acceptors (Lipinski definition) is 7. The third-order valence-corrected chi connectivity index (χ3v) is 6.73. The average molecular weight is 467 g/mol. The summed E-state index contributed by atoms with van der Waals surface area (Å²) in [6.45, 7) is 3.76. The van der Waals surface area contributed by atoms with Crippen molar-refractivity contribution in [2.75, 3.05) is 33.4 Å². The maximum absolute atomic E-state index is 13.2. The fraction of sp³-hybridized carbons (Fsp3) is 0.773. The minimum absolute atomic E-state index is 0.00858. The number of rotatable bonds is 2.